The van der Waals surface area contributed by atoms with E-state index in [1.165, 1.54) is 19.3 Å². The van der Waals surface area contributed by atoms with E-state index < -0.39 is 0 Å². The molecule has 1 aromatic carbocycles. The summed E-state index contributed by atoms with van der Waals surface area (Å²) in [6.45, 7) is 8.65. The zero-order valence-corrected chi connectivity index (χ0v) is 12.2. The fourth-order valence-electron chi connectivity index (χ4n) is 2.98. The number of fused-ring (bicyclic) bond motifs is 1. The topological polar surface area (TPSA) is 28.4 Å². The van der Waals surface area contributed by atoms with E-state index in [-0.39, 0.29) is 0 Å². The standard InChI is InChI=1S/C17H22N2O/c1-12-7-6-8-13(2)19(12)18-14(3)17-11-15-9-4-5-10-16(15)20-17/h4-5,9-13,18H,3,6-8H2,1-2H3/t12-,13+. The van der Waals surface area contributed by atoms with Gasteiger partial charge in [-0.1, -0.05) is 31.2 Å². The molecule has 1 fully saturated rings. The van der Waals surface area contributed by atoms with Crippen molar-refractivity contribution < 1.29 is 4.42 Å². The van der Waals surface area contributed by atoms with Gasteiger partial charge in [0, 0.05) is 17.5 Å². The van der Waals surface area contributed by atoms with E-state index in [2.05, 4.69) is 36.9 Å². The van der Waals surface area contributed by atoms with E-state index in [9.17, 15) is 0 Å². The molecule has 3 nitrogen and oxygen atoms in total. The smallest absolute Gasteiger partial charge is 0.151 e. The van der Waals surface area contributed by atoms with E-state index in [4.69, 9.17) is 4.42 Å². The molecule has 0 radical (unpaired) electrons. The molecular weight excluding hydrogens is 248 g/mol. The molecule has 0 amide bonds. The van der Waals surface area contributed by atoms with Crippen LogP contribution in [-0.4, -0.2) is 17.1 Å². The van der Waals surface area contributed by atoms with Crippen molar-refractivity contribution in [2.75, 3.05) is 0 Å². The number of para-hydroxylation sites is 1. The molecule has 0 spiro atoms. The number of furan rings is 1. The van der Waals surface area contributed by atoms with Crippen LogP contribution in [0.5, 0.6) is 0 Å². The van der Waals surface area contributed by atoms with Crippen LogP contribution in [0, 0.1) is 0 Å². The summed E-state index contributed by atoms with van der Waals surface area (Å²) in [5, 5.41) is 3.42. The summed E-state index contributed by atoms with van der Waals surface area (Å²) in [5.74, 6) is 0.816. The van der Waals surface area contributed by atoms with Crippen molar-refractivity contribution in [1.82, 2.24) is 10.4 Å². The van der Waals surface area contributed by atoms with Crippen LogP contribution < -0.4 is 5.43 Å². The van der Waals surface area contributed by atoms with Crippen molar-refractivity contribution in [2.45, 2.75) is 45.2 Å². The maximum Gasteiger partial charge on any atom is 0.151 e. The molecular formula is C17H22N2O. The first-order valence-electron chi connectivity index (χ1n) is 7.38. The summed E-state index contributed by atoms with van der Waals surface area (Å²) in [6.07, 6.45) is 3.76. The Morgan fingerprint density at radius 2 is 1.95 bits per heavy atom. The summed E-state index contributed by atoms with van der Waals surface area (Å²) in [6, 6.07) is 11.1. The maximum atomic E-state index is 5.85. The van der Waals surface area contributed by atoms with Gasteiger partial charge in [0.1, 0.15) is 5.58 Å². The second-order valence-corrected chi connectivity index (χ2v) is 5.78. The van der Waals surface area contributed by atoms with Gasteiger partial charge in [-0.2, -0.15) is 0 Å². The zero-order chi connectivity index (χ0) is 14.1. The average molecular weight is 270 g/mol. The summed E-state index contributed by atoms with van der Waals surface area (Å²) in [7, 11) is 0. The molecule has 3 heteroatoms. The van der Waals surface area contributed by atoms with Gasteiger partial charge in [-0.25, -0.2) is 5.01 Å². The quantitative estimate of drug-likeness (QED) is 0.907. The normalized spacial score (nSPS) is 23.9. The van der Waals surface area contributed by atoms with E-state index >= 15 is 0 Å². The van der Waals surface area contributed by atoms with Crippen molar-refractivity contribution in [3.05, 3.63) is 42.7 Å². The predicted octanol–water partition coefficient (Wildman–Crippen LogP) is 4.17. The van der Waals surface area contributed by atoms with Crippen molar-refractivity contribution in [2.24, 2.45) is 0 Å². The van der Waals surface area contributed by atoms with Crippen LogP contribution in [0.3, 0.4) is 0 Å². The number of hydrogen-bond donors (Lipinski definition) is 1. The molecule has 0 unspecified atom stereocenters. The molecule has 106 valence electrons. The Kier molecular flexibility index (Phi) is 3.53. The Hall–Kier alpha value is -1.74. The number of benzene rings is 1. The van der Waals surface area contributed by atoms with Crippen LogP contribution >= 0.6 is 0 Å². The number of piperidine rings is 1. The third-order valence-corrected chi connectivity index (χ3v) is 4.18. The number of hydrogen-bond acceptors (Lipinski definition) is 3. The molecule has 2 atom stereocenters. The van der Waals surface area contributed by atoms with Gasteiger partial charge in [0.2, 0.25) is 0 Å². The van der Waals surface area contributed by atoms with Gasteiger partial charge < -0.3 is 9.84 Å². The molecule has 0 saturated carbocycles. The molecule has 1 saturated heterocycles. The first-order valence-corrected chi connectivity index (χ1v) is 7.38. The summed E-state index contributed by atoms with van der Waals surface area (Å²) >= 11 is 0. The SMILES string of the molecule is C=C(NN1[C@H](C)CCC[C@@H]1C)c1cc2ccccc2o1. The Labute approximate surface area is 120 Å². The lowest BCUT2D eigenvalue weighted by atomic mass is 10.00. The molecule has 1 aromatic heterocycles. The maximum absolute atomic E-state index is 5.85. The Bertz CT molecular complexity index is 573. The fraction of sp³-hybridized carbons (Fsp3) is 0.412. The molecule has 1 aliphatic rings. The predicted molar refractivity (Wildman–Crippen MR) is 83.0 cm³/mol. The minimum absolute atomic E-state index is 0.528. The monoisotopic (exact) mass is 270 g/mol. The van der Waals surface area contributed by atoms with Crippen LogP contribution in [0.1, 0.15) is 38.9 Å². The van der Waals surface area contributed by atoms with Gasteiger partial charge in [0.05, 0.1) is 5.70 Å². The van der Waals surface area contributed by atoms with Gasteiger partial charge in [-0.05, 0) is 38.8 Å². The van der Waals surface area contributed by atoms with Crippen LogP contribution in [0.2, 0.25) is 0 Å². The highest BCUT2D eigenvalue weighted by Crippen LogP contribution is 2.25. The third kappa shape index (κ3) is 2.46. The molecule has 2 aromatic rings. The third-order valence-electron chi connectivity index (χ3n) is 4.18. The van der Waals surface area contributed by atoms with Gasteiger partial charge >= 0.3 is 0 Å². The second-order valence-electron chi connectivity index (χ2n) is 5.78. The highest BCUT2D eigenvalue weighted by atomic mass is 16.3. The Balaban J connectivity index is 1.78. The molecule has 0 bridgehead atoms. The van der Waals surface area contributed by atoms with E-state index in [1.54, 1.807) is 0 Å². The Morgan fingerprint density at radius 1 is 1.25 bits per heavy atom. The molecule has 1 aliphatic heterocycles. The van der Waals surface area contributed by atoms with E-state index in [1.807, 2.05) is 24.3 Å². The second kappa shape index (κ2) is 5.33. The minimum atomic E-state index is 0.528. The number of nitrogens with zero attached hydrogens (tertiary/aromatic N) is 1. The lowest BCUT2D eigenvalue weighted by Crippen LogP contribution is -2.51. The number of rotatable bonds is 3. The number of nitrogens with one attached hydrogen (secondary N) is 1. The molecule has 2 heterocycles. The van der Waals surface area contributed by atoms with Gasteiger partial charge in [-0.15, -0.1) is 0 Å². The van der Waals surface area contributed by atoms with Gasteiger partial charge in [0.15, 0.2) is 5.76 Å². The van der Waals surface area contributed by atoms with Crippen molar-refractivity contribution >= 4 is 16.7 Å². The molecule has 0 aliphatic carbocycles. The van der Waals surface area contributed by atoms with Crippen molar-refractivity contribution in [3.63, 3.8) is 0 Å². The van der Waals surface area contributed by atoms with Crippen molar-refractivity contribution in [1.29, 1.82) is 0 Å². The van der Waals surface area contributed by atoms with Crippen LogP contribution in [0.25, 0.3) is 16.7 Å². The van der Waals surface area contributed by atoms with Crippen LogP contribution in [0.4, 0.5) is 0 Å². The lowest BCUT2D eigenvalue weighted by molar-refractivity contribution is 0.0695. The largest absolute Gasteiger partial charge is 0.455 e. The van der Waals surface area contributed by atoms with Crippen LogP contribution in [-0.2, 0) is 0 Å². The first-order chi connectivity index (χ1) is 9.65. The molecule has 1 N–H and O–H groups in total. The average Bonchev–Trinajstić information content (AvgIpc) is 2.87. The number of hydrazine groups is 1. The molecule has 3 rings (SSSR count). The highest BCUT2D eigenvalue weighted by molar-refractivity contribution is 5.81. The van der Waals surface area contributed by atoms with E-state index in [0.717, 1.165) is 22.4 Å². The lowest BCUT2D eigenvalue weighted by Gasteiger charge is -2.39. The zero-order valence-electron chi connectivity index (χ0n) is 12.2. The first kappa shape index (κ1) is 13.3. The van der Waals surface area contributed by atoms with Gasteiger partial charge in [-0.3, -0.25) is 0 Å². The fourth-order valence-corrected chi connectivity index (χ4v) is 2.98. The molecule has 20 heavy (non-hydrogen) atoms. The van der Waals surface area contributed by atoms with E-state index in [0.29, 0.717) is 12.1 Å². The minimum Gasteiger partial charge on any atom is -0.455 e. The van der Waals surface area contributed by atoms with Gasteiger partial charge in [0.25, 0.3) is 0 Å². The Morgan fingerprint density at radius 3 is 2.65 bits per heavy atom. The summed E-state index contributed by atoms with van der Waals surface area (Å²) < 4.78 is 5.85. The van der Waals surface area contributed by atoms with Crippen molar-refractivity contribution in [3.8, 4) is 0 Å². The summed E-state index contributed by atoms with van der Waals surface area (Å²) in [5.41, 5.74) is 5.18. The van der Waals surface area contributed by atoms with Crippen LogP contribution in [0.15, 0.2) is 41.3 Å². The summed E-state index contributed by atoms with van der Waals surface area (Å²) in [4.78, 5) is 0. The highest BCUT2D eigenvalue weighted by Gasteiger charge is 2.25.